The number of halogens is 1. The van der Waals surface area contributed by atoms with Crippen molar-refractivity contribution in [2.24, 2.45) is 0 Å². The van der Waals surface area contributed by atoms with Crippen molar-refractivity contribution in [1.29, 1.82) is 0 Å². The largest absolute Gasteiger partial charge is 0.464 e. The Morgan fingerprint density at radius 3 is 2.14 bits per heavy atom. The molecule has 2 N–H and O–H groups in total. The third-order valence-corrected chi connectivity index (χ3v) is 6.16. The van der Waals surface area contributed by atoms with E-state index in [1.807, 2.05) is 0 Å². The smallest absolute Gasteiger partial charge is 0.416 e. The third-order valence-electron chi connectivity index (χ3n) is 3.41. The van der Waals surface area contributed by atoms with Crippen molar-refractivity contribution in [2.75, 3.05) is 4.90 Å². The normalized spacial score (nSPS) is 11.9. The number of nitrogens with zero attached hydrogens (tertiary/aromatic N) is 2. The lowest BCUT2D eigenvalue weighted by Crippen LogP contribution is -2.40. The van der Waals surface area contributed by atoms with Gasteiger partial charge in [0.15, 0.2) is 0 Å². The van der Waals surface area contributed by atoms with Gasteiger partial charge in [-0.15, -0.1) is 0 Å². The lowest BCUT2D eigenvalue weighted by Gasteiger charge is -2.23. The molecule has 0 atom stereocenters. The van der Waals surface area contributed by atoms with Gasteiger partial charge in [0, 0.05) is 22.1 Å². The molecule has 2 rings (SSSR count). The monoisotopic (exact) mass is 471 g/mol. The van der Waals surface area contributed by atoms with E-state index in [0.717, 1.165) is 4.90 Å². The fourth-order valence-corrected chi connectivity index (χ4v) is 4.79. The van der Waals surface area contributed by atoms with Crippen LogP contribution in [0.3, 0.4) is 0 Å². The van der Waals surface area contributed by atoms with Crippen LogP contribution in [0.25, 0.3) is 0 Å². The van der Waals surface area contributed by atoms with Gasteiger partial charge in [0.1, 0.15) is 0 Å². The number of sulfonamides is 1. The second-order valence-corrected chi connectivity index (χ2v) is 9.37. The summed E-state index contributed by atoms with van der Waals surface area (Å²) in [7, 11) is -3.94. The maximum absolute atomic E-state index is 12.7. The van der Waals surface area contributed by atoms with E-state index in [1.54, 1.807) is 20.8 Å². The number of non-ortho nitro benzene ring substituents is 1. The van der Waals surface area contributed by atoms with Crippen LogP contribution in [0.1, 0.15) is 20.8 Å². The molecule has 1 amide bonds. The molecule has 0 unspecified atom stereocenters. The summed E-state index contributed by atoms with van der Waals surface area (Å²) < 4.78 is 28.1. The first-order chi connectivity index (χ1) is 12.8. The van der Waals surface area contributed by atoms with E-state index in [-0.39, 0.29) is 26.4 Å². The van der Waals surface area contributed by atoms with Crippen LogP contribution < -0.4 is 9.62 Å². The highest BCUT2D eigenvalue weighted by Crippen LogP contribution is 2.32. The Kier molecular flexibility index (Phi) is 6.12. The van der Waals surface area contributed by atoms with Gasteiger partial charge in [-0.2, -0.15) is 0 Å². The topological polar surface area (TPSA) is 130 Å². The highest BCUT2D eigenvalue weighted by Gasteiger charge is 2.26. The Bertz CT molecular complexity index is 1020. The fourth-order valence-electron chi connectivity index (χ4n) is 2.39. The lowest BCUT2D eigenvalue weighted by molar-refractivity contribution is -0.384. The molecule has 0 bridgehead atoms. The molecular formula is C17H18BrN3O6S. The van der Waals surface area contributed by atoms with Crippen molar-refractivity contribution in [2.45, 2.75) is 31.2 Å². The summed E-state index contributed by atoms with van der Waals surface area (Å²) in [6, 6.07) is 8.95. The second-order valence-electron chi connectivity index (χ2n) is 6.86. The molecule has 0 spiro atoms. The number of rotatable bonds is 5. The number of amides is 1. The zero-order valence-corrected chi connectivity index (χ0v) is 17.6. The maximum Gasteiger partial charge on any atom is 0.416 e. The molecule has 150 valence electrons. The summed E-state index contributed by atoms with van der Waals surface area (Å²) >= 11 is 3.18. The van der Waals surface area contributed by atoms with Crippen LogP contribution in [0, 0.1) is 10.1 Å². The average molecular weight is 472 g/mol. The van der Waals surface area contributed by atoms with Crippen molar-refractivity contribution in [1.82, 2.24) is 4.72 Å². The van der Waals surface area contributed by atoms with Crippen LogP contribution in [0.4, 0.5) is 21.9 Å². The average Bonchev–Trinajstić information content (AvgIpc) is 2.54. The van der Waals surface area contributed by atoms with Gasteiger partial charge in [-0.05, 0) is 67.0 Å². The molecule has 0 fully saturated rings. The van der Waals surface area contributed by atoms with E-state index in [0.29, 0.717) is 0 Å². The number of hydrogen-bond donors (Lipinski definition) is 2. The summed E-state index contributed by atoms with van der Waals surface area (Å²) in [6.45, 7) is 5.05. The number of carbonyl (C=O) groups is 1. The Balaban J connectivity index is 2.55. The molecule has 0 heterocycles. The minimum Gasteiger partial charge on any atom is -0.464 e. The number of anilines is 2. The van der Waals surface area contributed by atoms with E-state index in [4.69, 9.17) is 0 Å². The Morgan fingerprint density at radius 2 is 1.68 bits per heavy atom. The van der Waals surface area contributed by atoms with Crippen LogP contribution >= 0.6 is 15.9 Å². The van der Waals surface area contributed by atoms with Gasteiger partial charge in [0.25, 0.3) is 5.69 Å². The van der Waals surface area contributed by atoms with E-state index in [2.05, 4.69) is 20.7 Å². The standard InChI is InChI=1S/C17H18BrN3O6S/c1-17(2,3)19-28(26,27)15-10-13(8-9-14(15)18)20(16(22)23)11-4-6-12(7-5-11)21(24)25/h4-10,19H,1-3H3,(H,22,23). The zero-order chi connectivity index (χ0) is 21.3. The fraction of sp³-hybridized carbons (Fsp3) is 0.235. The van der Waals surface area contributed by atoms with E-state index in [9.17, 15) is 28.4 Å². The first-order valence-corrected chi connectivity index (χ1v) is 10.2. The zero-order valence-electron chi connectivity index (χ0n) is 15.2. The Labute approximate surface area is 170 Å². The van der Waals surface area contributed by atoms with Gasteiger partial charge in [-0.3, -0.25) is 10.1 Å². The van der Waals surface area contributed by atoms with Crippen molar-refractivity contribution in [3.63, 3.8) is 0 Å². The van der Waals surface area contributed by atoms with E-state index >= 15 is 0 Å². The number of nitro groups is 1. The molecule has 0 radical (unpaired) electrons. The minimum atomic E-state index is -3.94. The highest BCUT2D eigenvalue weighted by molar-refractivity contribution is 9.10. The number of carboxylic acid groups (broad SMARTS) is 1. The van der Waals surface area contributed by atoms with Gasteiger partial charge >= 0.3 is 6.09 Å². The lowest BCUT2D eigenvalue weighted by atomic mass is 10.1. The van der Waals surface area contributed by atoms with Gasteiger partial charge < -0.3 is 5.11 Å². The molecule has 0 aliphatic rings. The predicted molar refractivity (Wildman–Crippen MR) is 107 cm³/mol. The van der Waals surface area contributed by atoms with Crippen LogP contribution in [0.15, 0.2) is 51.8 Å². The molecule has 0 aromatic heterocycles. The second kappa shape index (κ2) is 7.86. The molecule has 2 aromatic rings. The number of hydrogen-bond acceptors (Lipinski definition) is 5. The molecular weight excluding hydrogens is 454 g/mol. The van der Waals surface area contributed by atoms with Crippen LogP contribution in [-0.4, -0.2) is 30.1 Å². The summed E-state index contributed by atoms with van der Waals surface area (Å²) in [5.74, 6) is 0. The van der Waals surface area contributed by atoms with E-state index < -0.39 is 26.6 Å². The molecule has 9 nitrogen and oxygen atoms in total. The molecule has 0 saturated heterocycles. The Hall–Kier alpha value is -2.50. The van der Waals surface area contributed by atoms with Gasteiger partial charge in [0.05, 0.1) is 21.2 Å². The minimum absolute atomic E-state index is 0.0684. The molecule has 11 heteroatoms. The predicted octanol–water partition coefficient (Wildman–Crippen LogP) is 4.25. The quantitative estimate of drug-likeness (QED) is 0.494. The first kappa shape index (κ1) is 21.8. The first-order valence-electron chi connectivity index (χ1n) is 7.93. The molecule has 28 heavy (non-hydrogen) atoms. The van der Waals surface area contributed by atoms with Crippen molar-refractivity contribution < 1.29 is 23.2 Å². The number of benzene rings is 2. The van der Waals surface area contributed by atoms with Crippen LogP contribution in [0.2, 0.25) is 0 Å². The maximum atomic E-state index is 12.7. The third kappa shape index (κ3) is 5.06. The summed E-state index contributed by atoms with van der Waals surface area (Å²) in [6.07, 6.45) is -1.37. The van der Waals surface area contributed by atoms with Gasteiger partial charge in [0.2, 0.25) is 10.0 Å². The Morgan fingerprint density at radius 1 is 1.14 bits per heavy atom. The van der Waals surface area contributed by atoms with Gasteiger partial charge in [-0.25, -0.2) is 22.8 Å². The van der Waals surface area contributed by atoms with Crippen LogP contribution in [-0.2, 0) is 10.0 Å². The number of nitrogens with one attached hydrogen (secondary N) is 1. The van der Waals surface area contributed by atoms with E-state index in [1.165, 1.54) is 42.5 Å². The summed E-state index contributed by atoms with van der Waals surface area (Å²) in [4.78, 5) is 22.7. The van der Waals surface area contributed by atoms with Crippen molar-refractivity contribution >= 4 is 49.1 Å². The van der Waals surface area contributed by atoms with Gasteiger partial charge in [-0.1, -0.05) is 0 Å². The SMILES string of the molecule is CC(C)(C)NS(=O)(=O)c1cc(N(C(=O)O)c2ccc([N+](=O)[O-])cc2)ccc1Br. The summed E-state index contributed by atoms with van der Waals surface area (Å²) in [5, 5.41) is 20.4. The van der Waals surface area contributed by atoms with Crippen LogP contribution in [0.5, 0.6) is 0 Å². The molecule has 0 aliphatic heterocycles. The number of nitro benzene ring substituents is 1. The highest BCUT2D eigenvalue weighted by atomic mass is 79.9. The van der Waals surface area contributed by atoms with Crippen molar-refractivity contribution in [3.05, 3.63) is 57.1 Å². The summed E-state index contributed by atoms with van der Waals surface area (Å²) in [5.41, 5.74) is -0.729. The molecule has 0 saturated carbocycles. The van der Waals surface area contributed by atoms with Crippen molar-refractivity contribution in [3.8, 4) is 0 Å². The molecule has 2 aromatic carbocycles. The molecule has 0 aliphatic carbocycles.